The largest absolute Gasteiger partial charge is 0.491 e. The lowest BCUT2D eigenvalue weighted by Crippen LogP contribution is -2.27. The molecule has 2 heterocycles. The van der Waals surface area contributed by atoms with Crippen LogP contribution in [0.5, 0.6) is 5.75 Å². The summed E-state index contributed by atoms with van der Waals surface area (Å²) in [5.74, 6) is 0.644. The Morgan fingerprint density at radius 3 is 2.73 bits per heavy atom. The Bertz CT molecular complexity index is 1130. The zero-order valence-corrected chi connectivity index (χ0v) is 18.3. The third-order valence-electron chi connectivity index (χ3n) is 4.30. The minimum atomic E-state index is -0.534. The molecule has 0 saturated carbocycles. The Morgan fingerprint density at radius 2 is 2.00 bits per heavy atom. The van der Waals surface area contributed by atoms with Gasteiger partial charge < -0.3 is 15.4 Å². The fourth-order valence-electron chi connectivity index (χ4n) is 2.75. The summed E-state index contributed by atoms with van der Waals surface area (Å²) in [6, 6.07) is 11.1. The van der Waals surface area contributed by atoms with Gasteiger partial charge in [0.15, 0.2) is 0 Å². The van der Waals surface area contributed by atoms with Gasteiger partial charge in [0.05, 0.1) is 25.3 Å². The highest BCUT2D eigenvalue weighted by Crippen LogP contribution is 2.28. The SMILES string of the molecule is [C-]#[N+]c1ccc(NC(=O)Nc2cc(Cl)ccc2OCCCNC(=O)Cc2cccnc2)nc1. The zero-order chi connectivity index (χ0) is 23.5. The van der Waals surface area contributed by atoms with Crippen molar-refractivity contribution in [2.75, 3.05) is 23.8 Å². The lowest BCUT2D eigenvalue weighted by atomic mass is 10.2. The quantitative estimate of drug-likeness (QED) is 0.320. The van der Waals surface area contributed by atoms with Gasteiger partial charge in [-0.25, -0.2) is 9.64 Å². The van der Waals surface area contributed by atoms with Crippen molar-refractivity contribution < 1.29 is 14.3 Å². The van der Waals surface area contributed by atoms with Crippen molar-refractivity contribution in [1.29, 1.82) is 0 Å². The van der Waals surface area contributed by atoms with Gasteiger partial charge in [-0.05, 0) is 42.3 Å². The molecule has 2 aromatic heterocycles. The van der Waals surface area contributed by atoms with Crippen LogP contribution >= 0.6 is 11.6 Å². The van der Waals surface area contributed by atoms with E-state index in [4.69, 9.17) is 22.9 Å². The fraction of sp³-hybridized carbons (Fsp3) is 0.174. The van der Waals surface area contributed by atoms with E-state index < -0.39 is 6.03 Å². The number of nitrogens with zero attached hydrogens (tertiary/aromatic N) is 3. The lowest BCUT2D eigenvalue weighted by Gasteiger charge is -2.14. The molecular weight excluding hydrogens is 444 g/mol. The van der Waals surface area contributed by atoms with E-state index in [0.29, 0.717) is 47.5 Å². The van der Waals surface area contributed by atoms with Crippen LogP contribution in [0.4, 0.5) is 22.0 Å². The van der Waals surface area contributed by atoms with E-state index in [9.17, 15) is 9.59 Å². The van der Waals surface area contributed by atoms with E-state index >= 15 is 0 Å². The van der Waals surface area contributed by atoms with Crippen LogP contribution in [0.2, 0.25) is 5.02 Å². The molecule has 3 aromatic rings. The number of carbonyl (C=O) groups is 2. The molecule has 0 aliphatic rings. The number of hydrogen-bond donors (Lipinski definition) is 3. The number of rotatable bonds is 9. The summed E-state index contributed by atoms with van der Waals surface area (Å²) < 4.78 is 5.76. The number of nitrogens with one attached hydrogen (secondary N) is 3. The fourth-order valence-corrected chi connectivity index (χ4v) is 2.93. The van der Waals surface area contributed by atoms with Crippen molar-refractivity contribution in [1.82, 2.24) is 15.3 Å². The summed E-state index contributed by atoms with van der Waals surface area (Å²) >= 11 is 6.06. The van der Waals surface area contributed by atoms with Gasteiger partial charge in [-0.1, -0.05) is 23.7 Å². The second-order valence-electron chi connectivity index (χ2n) is 6.82. The van der Waals surface area contributed by atoms with Crippen LogP contribution in [0, 0.1) is 6.57 Å². The number of halogens is 1. The first-order valence-corrected chi connectivity index (χ1v) is 10.4. The van der Waals surface area contributed by atoms with Crippen molar-refractivity contribution in [2.24, 2.45) is 0 Å². The molecule has 0 saturated heterocycles. The van der Waals surface area contributed by atoms with Crippen molar-refractivity contribution in [3.8, 4) is 5.75 Å². The number of ether oxygens (including phenoxy) is 1. The molecule has 0 bridgehead atoms. The second-order valence-corrected chi connectivity index (χ2v) is 7.26. The predicted octanol–water partition coefficient (Wildman–Crippen LogP) is 4.45. The first-order chi connectivity index (χ1) is 16.0. The average molecular weight is 465 g/mol. The topological polar surface area (TPSA) is 110 Å². The maximum Gasteiger partial charge on any atom is 0.324 e. The van der Waals surface area contributed by atoms with Gasteiger partial charge in [-0.2, -0.15) is 0 Å². The molecule has 0 unspecified atom stereocenters. The second kappa shape index (κ2) is 12.0. The normalized spacial score (nSPS) is 10.1. The Morgan fingerprint density at radius 1 is 1.12 bits per heavy atom. The molecule has 3 rings (SSSR count). The Kier molecular flexibility index (Phi) is 8.56. The monoisotopic (exact) mass is 464 g/mol. The van der Waals surface area contributed by atoms with Crippen LogP contribution in [0.3, 0.4) is 0 Å². The van der Waals surface area contributed by atoms with Gasteiger partial charge in [0.25, 0.3) is 0 Å². The summed E-state index contributed by atoms with van der Waals surface area (Å²) in [7, 11) is 0. The Labute approximate surface area is 196 Å². The number of amides is 3. The first kappa shape index (κ1) is 23.5. The number of aromatic nitrogens is 2. The number of carbonyl (C=O) groups excluding carboxylic acids is 2. The molecule has 3 N–H and O–H groups in total. The number of anilines is 2. The number of pyridine rings is 2. The molecule has 0 fully saturated rings. The average Bonchev–Trinajstić information content (AvgIpc) is 2.81. The molecule has 168 valence electrons. The smallest absolute Gasteiger partial charge is 0.324 e. The van der Waals surface area contributed by atoms with Gasteiger partial charge in [-0.15, -0.1) is 0 Å². The summed E-state index contributed by atoms with van der Waals surface area (Å²) in [6.45, 7) is 7.70. The van der Waals surface area contributed by atoms with Crippen LogP contribution in [-0.2, 0) is 11.2 Å². The molecule has 1 aromatic carbocycles. The number of urea groups is 1. The minimum absolute atomic E-state index is 0.0911. The van der Waals surface area contributed by atoms with Crippen molar-refractivity contribution >= 4 is 40.7 Å². The third kappa shape index (κ3) is 7.79. The van der Waals surface area contributed by atoms with Crippen molar-refractivity contribution in [2.45, 2.75) is 12.8 Å². The summed E-state index contributed by atoms with van der Waals surface area (Å²) in [6.07, 6.45) is 5.53. The molecule has 33 heavy (non-hydrogen) atoms. The van der Waals surface area contributed by atoms with Crippen molar-refractivity contribution in [3.05, 3.63) is 83.1 Å². The maximum atomic E-state index is 12.3. The van der Waals surface area contributed by atoms with E-state index in [-0.39, 0.29) is 12.3 Å². The van der Waals surface area contributed by atoms with E-state index in [0.717, 1.165) is 5.56 Å². The van der Waals surface area contributed by atoms with Gasteiger partial charge >= 0.3 is 6.03 Å². The van der Waals surface area contributed by atoms with Crippen LogP contribution in [0.25, 0.3) is 4.85 Å². The highest BCUT2D eigenvalue weighted by atomic mass is 35.5. The minimum Gasteiger partial charge on any atom is -0.491 e. The van der Waals surface area contributed by atoms with Gasteiger partial charge in [0.1, 0.15) is 11.6 Å². The molecule has 3 amide bonds. The zero-order valence-electron chi connectivity index (χ0n) is 17.5. The van der Waals surface area contributed by atoms with Crippen molar-refractivity contribution in [3.63, 3.8) is 0 Å². The van der Waals surface area contributed by atoms with Gasteiger partial charge in [0.2, 0.25) is 11.6 Å². The highest BCUT2D eigenvalue weighted by Gasteiger charge is 2.10. The van der Waals surface area contributed by atoms with Crippen LogP contribution in [0.15, 0.2) is 61.1 Å². The Hall–Kier alpha value is -4.16. The van der Waals surface area contributed by atoms with E-state index in [1.165, 1.54) is 12.3 Å². The maximum absolute atomic E-state index is 12.3. The van der Waals surface area contributed by atoms with Crippen LogP contribution in [-0.4, -0.2) is 35.1 Å². The van der Waals surface area contributed by atoms with E-state index in [2.05, 4.69) is 30.8 Å². The summed E-state index contributed by atoms with van der Waals surface area (Å²) in [5, 5.41) is 8.53. The predicted molar refractivity (Wildman–Crippen MR) is 126 cm³/mol. The molecule has 0 aliphatic heterocycles. The summed E-state index contributed by atoms with van der Waals surface area (Å²) in [4.78, 5) is 35.5. The van der Waals surface area contributed by atoms with E-state index in [1.54, 1.807) is 42.7 Å². The Balaban J connectivity index is 1.46. The molecule has 0 atom stereocenters. The van der Waals surface area contributed by atoms with Gasteiger partial charge in [-0.3, -0.25) is 20.1 Å². The lowest BCUT2D eigenvalue weighted by molar-refractivity contribution is -0.120. The molecule has 0 radical (unpaired) electrons. The molecule has 0 spiro atoms. The van der Waals surface area contributed by atoms with Crippen LogP contribution < -0.4 is 20.7 Å². The number of benzene rings is 1. The first-order valence-electron chi connectivity index (χ1n) is 10.0. The van der Waals surface area contributed by atoms with E-state index in [1.807, 2.05) is 6.07 Å². The molecular formula is C23H21ClN6O3. The third-order valence-corrected chi connectivity index (χ3v) is 4.53. The standard InChI is InChI=1S/C23H21ClN6O3/c1-25-18-6-8-21(28-15-18)30-23(32)29-19-13-17(24)5-7-20(19)33-11-3-10-27-22(31)12-16-4-2-9-26-14-16/h2,4-9,13-15H,3,10-12H2,(H,27,31)(H2,28,29,30,32). The molecule has 10 heteroatoms. The van der Waals surface area contributed by atoms with Gasteiger partial charge in [0, 0.05) is 30.2 Å². The highest BCUT2D eigenvalue weighted by molar-refractivity contribution is 6.31. The summed E-state index contributed by atoms with van der Waals surface area (Å²) in [5.41, 5.74) is 1.61. The van der Waals surface area contributed by atoms with Crippen LogP contribution in [0.1, 0.15) is 12.0 Å². The molecule has 9 nitrogen and oxygen atoms in total. The molecule has 0 aliphatic carbocycles. The number of hydrogen-bond acceptors (Lipinski definition) is 5.